The molecule has 0 saturated carbocycles. The summed E-state index contributed by atoms with van der Waals surface area (Å²) in [6.07, 6.45) is 3.26. The summed E-state index contributed by atoms with van der Waals surface area (Å²) in [5.41, 5.74) is 6.63. The molecule has 1 fully saturated rings. The highest BCUT2D eigenvalue weighted by Crippen LogP contribution is 2.27. The summed E-state index contributed by atoms with van der Waals surface area (Å²) in [5.74, 6) is 0.0762. The average Bonchev–Trinajstić information content (AvgIpc) is 2.62. The number of carbonyl (C=O) groups excluding carboxylic acids is 2. The van der Waals surface area contributed by atoms with Gasteiger partial charge in [0.1, 0.15) is 5.75 Å². The predicted molar refractivity (Wildman–Crippen MR) is 94.2 cm³/mol. The van der Waals surface area contributed by atoms with E-state index in [9.17, 15) is 9.59 Å². The molecule has 1 aromatic carbocycles. The van der Waals surface area contributed by atoms with Crippen LogP contribution in [0.1, 0.15) is 43.5 Å². The van der Waals surface area contributed by atoms with Crippen LogP contribution in [0.3, 0.4) is 0 Å². The number of anilines is 1. The molecule has 1 aliphatic heterocycles. The number of nitrogens with one attached hydrogen (secondary N) is 1. The minimum absolute atomic E-state index is 0.000112. The van der Waals surface area contributed by atoms with Gasteiger partial charge in [-0.25, -0.2) is 0 Å². The molecule has 1 unspecified atom stereocenters. The molecule has 3 N–H and O–H groups in total. The quantitative estimate of drug-likeness (QED) is 0.836. The molecular weight excluding hydrogens is 306 g/mol. The minimum atomic E-state index is -0.305. The molecule has 0 radical (unpaired) electrons. The number of nitrogens with two attached hydrogens (primary N) is 1. The third-order valence-electron chi connectivity index (χ3n) is 4.23. The highest BCUT2D eigenvalue weighted by atomic mass is 16.5. The summed E-state index contributed by atoms with van der Waals surface area (Å²) in [4.78, 5) is 26.7. The lowest BCUT2D eigenvalue weighted by Gasteiger charge is -2.27. The molecule has 6 heteroatoms. The van der Waals surface area contributed by atoms with Crippen LogP contribution in [0.15, 0.2) is 18.2 Å². The summed E-state index contributed by atoms with van der Waals surface area (Å²) in [5, 5.41) is 2.83. The van der Waals surface area contributed by atoms with Gasteiger partial charge in [-0.15, -0.1) is 0 Å². The number of ether oxygens (including phenoxy) is 1. The highest BCUT2D eigenvalue weighted by molar-refractivity contribution is 5.99. The zero-order valence-corrected chi connectivity index (χ0v) is 14.5. The number of benzene rings is 1. The van der Waals surface area contributed by atoms with E-state index in [0.29, 0.717) is 23.6 Å². The minimum Gasteiger partial charge on any atom is -0.492 e. The Kier molecular flexibility index (Phi) is 6.61. The van der Waals surface area contributed by atoms with E-state index in [1.165, 1.54) is 6.42 Å². The molecule has 1 aromatic rings. The molecule has 0 aromatic heterocycles. The van der Waals surface area contributed by atoms with Crippen molar-refractivity contribution in [3.8, 4) is 5.75 Å². The smallest absolute Gasteiger partial charge is 0.253 e. The topological polar surface area (TPSA) is 84.7 Å². The van der Waals surface area contributed by atoms with E-state index < -0.39 is 0 Å². The van der Waals surface area contributed by atoms with Crippen molar-refractivity contribution in [1.29, 1.82) is 0 Å². The molecule has 1 aliphatic rings. The number of amides is 2. The number of nitrogens with zero attached hydrogens (tertiary/aromatic N) is 1. The van der Waals surface area contributed by atoms with E-state index in [2.05, 4.69) is 5.32 Å². The lowest BCUT2D eigenvalue weighted by molar-refractivity contribution is -0.119. The van der Waals surface area contributed by atoms with Gasteiger partial charge in [-0.3, -0.25) is 9.59 Å². The Labute approximate surface area is 143 Å². The van der Waals surface area contributed by atoms with Crippen LogP contribution in [0, 0.1) is 5.92 Å². The van der Waals surface area contributed by atoms with Crippen LogP contribution in [0.25, 0.3) is 0 Å². The number of carbonyl (C=O) groups is 2. The maximum atomic E-state index is 12.6. The first-order valence-electron chi connectivity index (χ1n) is 8.63. The summed E-state index contributed by atoms with van der Waals surface area (Å²) in [6.45, 7) is 5.96. The largest absolute Gasteiger partial charge is 0.492 e. The van der Waals surface area contributed by atoms with Gasteiger partial charge in [0.2, 0.25) is 5.91 Å². The van der Waals surface area contributed by atoms with Crippen molar-refractivity contribution in [3.05, 3.63) is 23.8 Å². The number of piperidine rings is 1. The molecule has 2 amide bonds. The van der Waals surface area contributed by atoms with Crippen molar-refractivity contribution in [2.24, 2.45) is 11.7 Å². The summed E-state index contributed by atoms with van der Waals surface area (Å²) in [7, 11) is 0. The Morgan fingerprint density at radius 3 is 2.62 bits per heavy atom. The highest BCUT2D eigenvalue weighted by Gasteiger charge is 2.20. The molecule has 1 heterocycles. The van der Waals surface area contributed by atoms with Crippen molar-refractivity contribution >= 4 is 17.5 Å². The molecule has 0 bridgehead atoms. The van der Waals surface area contributed by atoms with Crippen LogP contribution in [0.5, 0.6) is 5.75 Å². The number of rotatable bonds is 6. The molecule has 1 saturated heterocycles. The Bertz CT molecular complexity index is 583. The van der Waals surface area contributed by atoms with Crippen LogP contribution in [-0.2, 0) is 4.79 Å². The zero-order chi connectivity index (χ0) is 17.5. The Balaban J connectivity index is 2.22. The monoisotopic (exact) mass is 333 g/mol. The predicted octanol–water partition coefficient (Wildman–Crippen LogP) is 2.24. The van der Waals surface area contributed by atoms with Crippen molar-refractivity contribution < 1.29 is 14.3 Å². The van der Waals surface area contributed by atoms with Gasteiger partial charge in [0.05, 0.1) is 12.3 Å². The summed E-state index contributed by atoms with van der Waals surface area (Å²) < 4.78 is 5.56. The van der Waals surface area contributed by atoms with Gasteiger partial charge in [-0.2, -0.15) is 0 Å². The first-order valence-corrected chi connectivity index (χ1v) is 8.63. The summed E-state index contributed by atoms with van der Waals surface area (Å²) in [6, 6.07) is 5.19. The normalized spacial score (nSPS) is 15.7. The van der Waals surface area contributed by atoms with Gasteiger partial charge >= 0.3 is 0 Å². The lowest BCUT2D eigenvalue weighted by Crippen LogP contribution is -2.35. The molecule has 1 atom stereocenters. The van der Waals surface area contributed by atoms with Crippen LogP contribution >= 0.6 is 0 Å². The van der Waals surface area contributed by atoms with Gasteiger partial charge in [0.25, 0.3) is 5.91 Å². The fourth-order valence-corrected chi connectivity index (χ4v) is 2.68. The van der Waals surface area contributed by atoms with Gasteiger partial charge in [0, 0.05) is 31.1 Å². The molecule has 24 heavy (non-hydrogen) atoms. The van der Waals surface area contributed by atoms with Crippen molar-refractivity contribution in [3.63, 3.8) is 0 Å². The molecule has 0 aliphatic carbocycles. The van der Waals surface area contributed by atoms with Crippen LogP contribution < -0.4 is 15.8 Å². The number of hydrogen-bond acceptors (Lipinski definition) is 4. The van der Waals surface area contributed by atoms with Crippen molar-refractivity contribution in [1.82, 2.24) is 4.90 Å². The summed E-state index contributed by atoms with van der Waals surface area (Å²) >= 11 is 0. The van der Waals surface area contributed by atoms with Gasteiger partial charge < -0.3 is 20.7 Å². The number of likely N-dealkylation sites (tertiary alicyclic amines) is 1. The Morgan fingerprint density at radius 1 is 1.29 bits per heavy atom. The number of hydrogen-bond donors (Lipinski definition) is 2. The van der Waals surface area contributed by atoms with E-state index in [1.807, 2.05) is 11.8 Å². The van der Waals surface area contributed by atoms with E-state index in [4.69, 9.17) is 10.5 Å². The molecular formula is C18H27N3O3. The van der Waals surface area contributed by atoms with Crippen molar-refractivity contribution in [2.75, 3.05) is 31.6 Å². The Hall–Kier alpha value is -2.08. The van der Waals surface area contributed by atoms with Gasteiger partial charge in [0.15, 0.2) is 0 Å². The van der Waals surface area contributed by atoms with Gasteiger partial charge in [-0.05, 0) is 44.4 Å². The lowest BCUT2D eigenvalue weighted by atomic mass is 10.1. The first kappa shape index (κ1) is 18.3. The Morgan fingerprint density at radius 2 is 2.00 bits per heavy atom. The van der Waals surface area contributed by atoms with Crippen LogP contribution in [-0.4, -0.2) is 43.0 Å². The first-order chi connectivity index (χ1) is 11.6. The van der Waals surface area contributed by atoms with Crippen LogP contribution in [0.2, 0.25) is 0 Å². The molecule has 0 spiro atoms. The van der Waals surface area contributed by atoms with Gasteiger partial charge in [-0.1, -0.05) is 6.92 Å². The maximum absolute atomic E-state index is 12.6. The second-order valence-corrected chi connectivity index (χ2v) is 6.12. The van der Waals surface area contributed by atoms with Crippen molar-refractivity contribution in [2.45, 2.75) is 33.1 Å². The van der Waals surface area contributed by atoms with Crippen LogP contribution in [0.4, 0.5) is 5.69 Å². The molecule has 6 nitrogen and oxygen atoms in total. The standard InChI is InChI=1S/C18H27N3O3/c1-3-24-16-8-7-14(18(23)21-9-5-4-6-10-21)11-15(16)20-17(22)13(2)12-19/h7-8,11,13H,3-6,9-10,12,19H2,1-2H3,(H,20,22). The second kappa shape index (κ2) is 8.68. The fraction of sp³-hybridized carbons (Fsp3) is 0.556. The fourth-order valence-electron chi connectivity index (χ4n) is 2.68. The maximum Gasteiger partial charge on any atom is 0.253 e. The zero-order valence-electron chi connectivity index (χ0n) is 14.5. The van der Waals surface area contributed by atoms with E-state index in [0.717, 1.165) is 25.9 Å². The van der Waals surface area contributed by atoms with E-state index >= 15 is 0 Å². The van der Waals surface area contributed by atoms with E-state index in [1.54, 1.807) is 25.1 Å². The SMILES string of the molecule is CCOc1ccc(C(=O)N2CCCCC2)cc1NC(=O)C(C)CN. The molecule has 132 valence electrons. The molecule has 2 rings (SSSR count). The second-order valence-electron chi connectivity index (χ2n) is 6.12. The third kappa shape index (κ3) is 4.47. The third-order valence-corrected chi connectivity index (χ3v) is 4.23. The van der Waals surface area contributed by atoms with E-state index in [-0.39, 0.29) is 24.3 Å². The average molecular weight is 333 g/mol.